The van der Waals surface area contributed by atoms with Gasteiger partial charge in [-0.2, -0.15) is 0 Å². The molecule has 2 aromatic rings. The Labute approximate surface area is 112 Å². The Balaban J connectivity index is 1.63. The van der Waals surface area contributed by atoms with Crippen LogP contribution >= 0.6 is 0 Å². The molecule has 100 valence electrons. The third kappa shape index (κ3) is 3.01. The van der Waals surface area contributed by atoms with E-state index in [4.69, 9.17) is 0 Å². The number of aromatic amines is 1. The predicted molar refractivity (Wildman–Crippen MR) is 73.1 cm³/mol. The lowest BCUT2D eigenvalue weighted by Crippen LogP contribution is -2.25. The van der Waals surface area contributed by atoms with E-state index in [9.17, 15) is 4.39 Å². The van der Waals surface area contributed by atoms with Crippen molar-refractivity contribution < 1.29 is 4.39 Å². The van der Waals surface area contributed by atoms with Crippen LogP contribution in [0.4, 0.5) is 4.39 Å². The standard InChI is InChI=1S/C15H18FN3/c16-12-7-5-11(6-8-12)14-9-18-15(19-14)10-17-13-3-1-2-4-13/h5-9,13,17H,1-4,10H2,(H,18,19). The van der Waals surface area contributed by atoms with Crippen molar-refractivity contribution in [2.45, 2.75) is 38.3 Å². The van der Waals surface area contributed by atoms with Crippen molar-refractivity contribution in [3.8, 4) is 11.3 Å². The first-order valence-corrected chi connectivity index (χ1v) is 6.84. The topological polar surface area (TPSA) is 40.7 Å². The number of nitrogens with one attached hydrogen (secondary N) is 2. The van der Waals surface area contributed by atoms with Crippen molar-refractivity contribution in [1.82, 2.24) is 15.3 Å². The van der Waals surface area contributed by atoms with Crippen molar-refractivity contribution in [1.29, 1.82) is 0 Å². The van der Waals surface area contributed by atoms with Gasteiger partial charge in [0, 0.05) is 6.04 Å². The molecule has 0 amide bonds. The highest BCUT2D eigenvalue weighted by Gasteiger charge is 2.14. The molecule has 0 unspecified atom stereocenters. The molecule has 1 aliphatic rings. The molecule has 1 fully saturated rings. The van der Waals surface area contributed by atoms with Gasteiger partial charge in [-0.25, -0.2) is 9.37 Å². The van der Waals surface area contributed by atoms with Crippen molar-refractivity contribution in [2.75, 3.05) is 0 Å². The number of halogens is 1. The van der Waals surface area contributed by atoms with Gasteiger partial charge in [-0.3, -0.25) is 0 Å². The number of rotatable bonds is 4. The summed E-state index contributed by atoms with van der Waals surface area (Å²) in [6.45, 7) is 0.770. The first kappa shape index (κ1) is 12.4. The summed E-state index contributed by atoms with van der Waals surface area (Å²) in [4.78, 5) is 7.64. The summed E-state index contributed by atoms with van der Waals surface area (Å²) < 4.78 is 12.9. The van der Waals surface area contributed by atoms with Crippen LogP contribution in [0, 0.1) is 5.82 Å². The number of benzene rings is 1. The van der Waals surface area contributed by atoms with Gasteiger partial charge in [0.2, 0.25) is 0 Å². The second-order valence-corrected chi connectivity index (χ2v) is 5.11. The summed E-state index contributed by atoms with van der Waals surface area (Å²) in [6, 6.07) is 7.09. The zero-order valence-corrected chi connectivity index (χ0v) is 10.8. The molecule has 1 heterocycles. The molecule has 1 aliphatic carbocycles. The quantitative estimate of drug-likeness (QED) is 0.885. The summed E-state index contributed by atoms with van der Waals surface area (Å²) in [7, 11) is 0. The zero-order valence-electron chi connectivity index (χ0n) is 10.8. The maximum absolute atomic E-state index is 12.9. The molecule has 0 atom stereocenters. The lowest BCUT2D eigenvalue weighted by atomic mass is 10.2. The Morgan fingerprint density at radius 3 is 2.68 bits per heavy atom. The van der Waals surface area contributed by atoms with Crippen LogP contribution in [-0.4, -0.2) is 16.0 Å². The molecule has 0 aliphatic heterocycles. The van der Waals surface area contributed by atoms with Gasteiger partial charge in [-0.05, 0) is 42.7 Å². The molecule has 4 heteroatoms. The lowest BCUT2D eigenvalue weighted by molar-refractivity contribution is 0.515. The van der Waals surface area contributed by atoms with Gasteiger partial charge in [0.25, 0.3) is 0 Å². The SMILES string of the molecule is Fc1ccc(-c2cnc(CNC3CCCC3)[nH]2)cc1. The third-order valence-electron chi connectivity index (χ3n) is 3.70. The van der Waals surface area contributed by atoms with Crippen LogP contribution in [0.5, 0.6) is 0 Å². The molecular formula is C15H18FN3. The van der Waals surface area contributed by atoms with Crippen LogP contribution in [0.2, 0.25) is 0 Å². The molecule has 0 saturated heterocycles. The summed E-state index contributed by atoms with van der Waals surface area (Å²) in [6.07, 6.45) is 7.00. The number of hydrogen-bond acceptors (Lipinski definition) is 2. The minimum absolute atomic E-state index is 0.216. The van der Waals surface area contributed by atoms with E-state index in [-0.39, 0.29) is 5.82 Å². The fourth-order valence-electron chi connectivity index (χ4n) is 2.60. The van der Waals surface area contributed by atoms with Crippen molar-refractivity contribution in [3.63, 3.8) is 0 Å². The van der Waals surface area contributed by atoms with Crippen molar-refractivity contribution in [2.24, 2.45) is 0 Å². The summed E-state index contributed by atoms with van der Waals surface area (Å²) >= 11 is 0. The van der Waals surface area contributed by atoms with Gasteiger partial charge >= 0.3 is 0 Å². The molecule has 3 nitrogen and oxygen atoms in total. The van der Waals surface area contributed by atoms with Gasteiger partial charge in [-0.1, -0.05) is 12.8 Å². The molecular weight excluding hydrogens is 241 g/mol. The van der Waals surface area contributed by atoms with Crippen LogP contribution < -0.4 is 5.32 Å². The highest BCUT2D eigenvalue weighted by molar-refractivity contribution is 5.58. The monoisotopic (exact) mass is 259 g/mol. The van der Waals surface area contributed by atoms with E-state index in [0.29, 0.717) is 6.04 Å². The highest BCUT2D eigenvalue weighted by Crippen LogP contribution is 2.19. The number of nitrogens with zero attached hydrogens (tertiary/aromatic N) is 1. The first-order chi connectivity index (χ1) is 9.31. The van der Waals surface area contributed by atoms with Crippen LogP contribution in [-0.2, 0) is 6.54 Å². The Hall–Kier alpha value is -1.68. The zero-order chi connectivity index (χ0) is 13.1. The second-order valence-electron chi connectivity index (χ2n) is 5.11. The summed E-state index contributed by atoms with van der Waals surface area (Å²) in [5, 5.41) is 3.52. The molecule has 3 rings (SSSR count). The Morgan fingerprint density at radius 2 is 1.95 bits per heavy atom. The van der Waals surface area contributed by atoms with Crippen LogP contribution in [0.15, 0.2) is 30.5 Å². The summed E-state index contributed by atoms with van der Waals surface area (Å²) in [5.41, 5.74) is 1.89. The van der Waals surface area contributed by atoms with E-state index in [2.05, 4.69) is 15.3 Å². The van der Waals surface area contributed by atoms with Gasteiger partial charge in [0.05, 0.1) is 18.4 Å². The Morgan fingerprint density at radius 1 is 1.21 bits per heavy atom. The predicted octanol–water partition coefficient (Wildman–Crippen LogP) is 3.25. The van der Waals surface area contributed by atoms with Crippen LogP contribution in [0.1, 0.15) is 31.5 Å². The van der Waals surface area contributed by atoms with E-state index in [1.54, 1.807) is 18.3 Å². The summed E-state index contributed by atoms with van der Waals surface area (Å²) in [5.74, 6) is 0.720. The number of aromatic nitrogens is 2. The molecule has 19 heavy (non-hydrogen) atoms. The normalized spacial score (nSPS) is 16.1. The van der Waals surface area contributed by atoms with Gasteiger partial charge in [-0.15, -0.1) is 0 Å². The molecule has 0 spiro atoms. The van der Waals surface area contributed by atoms with Crippen LogP contribution in [0.3, 0.4) is 0 Å². The number of hydrogen-bond donors (Lipinski definition) is 2. The van der Waals surface area contributed by atoms with Gasteiger partial charge < -0.3 is 10.3 Å². The highest BCUT2D eigenvalue weighted by atomic mass is 19.1. The Bertz CT molecular complexity index is 527. The molecule has 1 saturated carbocycles. The fourth-order valence-corrected chi connectivity index (χ4v) is 2.60. The number of H-pyrrole nitrogens is 1. The smallest absolute Gasteiger partial charge is 0.123 e. The van der Waals surface area contributed by atoms with Crippen molar-refractivity contribution >= 4 is 0 Å². The largest absolute Gasteiger partial charge is 0.341 e. The van der Waals surface area contributed by atoms with E-state index in [1.165, 1.54) is 37.8 Å². The maximum Gasteiger partial charge on any atom is 0.123 e. The minimum atomic E-state index is -0.216. The molecule has 1 aromatic heterocycles. The molecule has 0 bridgehead atoms. The maximum atomic E-state index is 12.9. The van der Waals surface area contributed by atoms with Crippen LogP contribution in [0.25, 0.3) is 11.3 Å². The fraction of sp³-hybridized carbons (Fsp3) is 0.400. The average Bonchev–Trinajstić information content (AvgIpc) is 3.09. The van der Waals surface area contributed by atoms with E-state index in [0.717, 1.165) is 23.6 Å². The Kier molecular flexibility index (Phi) is 3.60. The second kappa shape index (κ2) is 5.53. The van der Waals surface area contributed by atoms with Gasteiger partial charge in [0.1, 0.15) is 11.6 Å². The number of imidazole rings is 1. The third-order valence-corrected chi connectivity index (χ3v) is 3.70. The minimum Gasteiger partial charge on any atom is -0.341 e. The van der Waals surface area contributed by atoms with E-state index >= 15 is 0 Å². The van der Waals surface area contributed by atoms with Gasteiger partial charge in [0.15, 0.2) is 0 Å². The average molecular weight is 259 g/mol. The molecule has 0 radical (unpaired) electrons. The van der Waals surface area contributed by atoms with E-state index < -0.39 is 0 Å². The van der Waals surface area contributed by atoms with E-state index in [1.807, 2.05) is 0 Å². The first-order valence-electron chi connectivity index (χ1n) is 6.84. The van der Waals surface area contributed by atoms with Crippen molar-refractivity contribution in [3.05, 3.63) is 42.1 Å². The molecule has 1 aromatic carbocycles. The lowest BCUT2D eigenvalue weighted by Gasteiger charge is -2.09. The molecule has 2 N–H and O–H groups in total.